The molecule has 1 saturated carbocycles. The van der Waals surface area contributed by atoms with Gasteiger partial charge in [0.1, 0.15) is 0 Å². The van der Waals surface area contributed by atoms with Gasteiger partial charge in [-0.1, -0.05) is 37.8 Å². The first kappa shape index (κ1) is 14.4. The number of aryl methyl sites for hydroxylation is 1. The van der Waals surface area contributed by atoms with Crippen molar-refractivity contribution in [2.45, 2.75) is 64.3 Å². The summed E-state index contributed by atoms with van der Waals surface area (Å²) in [6.07, 6.45) is 9.30. The Morgan fingerprint density at radius 2 is 1.90 bits per heavy atom. The lowest BCUT2D eigenvalue weighted by atomic mass is 9.96. The molecule has 0 radical (unpaired) electrons. The summed E-state index contributed by atoms with van der Waals surface area (Å²) in [4.78, 5) is 12.5. The zero-order chi connectivity index (χ0) is 14.7. The van der Waals surface area contributed by atoms with Crippen molar-refractivity contribution in [2.75, 3.05) is 10.6 Å². The van der Waals surface area contributed by atoms with Gasteiger partial charge < -0.3 is 10.6 Å². The van der Waals surface area contributed by atoms with Gasteiger partial charge >= 0.3 is 0 Å². The first-order valence-corrected chi connectivity index (χ1v) is 8.43. The number of fused-ring (bicyclic) bond motifs is 1. The molecule has 1 atom stereocenters. The van der Waals surface area contributed by atoms with Crippen molar-refractivity contribution in [1.29, 1.82) is 0 Å². The molecule has 2 N–H and O–H groups in total. The lowest BCUT2D eigenvalue weighted by Gasteiger charge is -2.27. The molecule has 114 valence electrons. The summed E-state index contributed by atoms with van der Waals surface area (Å²) in [5.74, 6) is 0.412. The summed E-state index contributed by atoms with van der Waals surface area (Å²) in [5.41, 5.74) is 3.43. The van der Waals surface area contributed by atoms with Crippen molar-refractivity contribution in [1.82, 2.24) is 0 Å². The molecule has 2 aliphatic rings. The maximum absolute atomic E-state index is 12.5. The van der Waals surface area contributed by atoms with E-state index in [0.717, 1.165) is 37.1 Å². The first-order valence-electron chi connectivity index (χ1n) is 8.43. The third-order valence-electron chi connectivity index (χ3n) is 4.87. The van der Waals surface area contributed by atoms with Gasteiger partial charge in [0.25, 0.3) is 0 Å². The Labute approximate surface area is 127 Å². The van der Waals surface area contributed by atoms with Crippen LogP contribution in [0.2, 0.25) is 0 Å². The molecule has 3 rings (SSSR count). The fraction of sp³-hybridized carbons (Fsp3) is 0.611. The van der Waals surface area contributed by atoms with Crippen LogP contribution >= 0.6 is 0 Å². The molecule has 1 amide bonds. The van der Waals surface area contributed by atoms with Crippen LogP contribution in [0.15, 0.2) is 18.2 Å². The van der Waals surface area contributed by atoms with Crippen LogP contribution in [-0.2, 0) is 11.2 Å². The molecule has 1 unspecified atom stereocenters. The Kier molecular flexibility index (Phi) is 4.47. The van der Waals surface area contributed by atoms with Crippen LogP contribution in [0.4, 0.5) is 11.4 Å². The summed E-state index contributed by atoms with van der Waals surface area (Å²) in [7, 11) is 0. The minimum atomic E-state index is 0.198. The van der Waals surface area contributed by atoms with Gasteiger partial charge in [0.15, 0.2) is 0 Å². The Balaban J connectivity index is 1.74. The van der Waals surface area contributed by atoms with Crippen molar-refractivity contribution in [3.8, 4) is 0 Å². The molecule has 0 spiro atoms. The quantitative estimate of drug-likeness (QED) is 0.794. The second-order valence-electron chi connectivity index (χ2n) is 6.60. The van der Waals surface area contributed by atoms with E-state index in [0.29, 0.717) is 6.04 Å². The highest BCUT2D eigenvalue weighted by molar-refractivity contribution is 5.96. The minimum absolute atomic E-state index is 0.198. The molecule has 1 aromatic carbocycles. The van der Waals surface area contributed by atoms with Crippen LogP contribution in [0, 0.1) is 5.92 Å². The fourth-order valence-electron chi connectivity index (χ4n) is 3.55. The van der Waals surface area contributed by atoms with Gasteiger partial charge in [-0.05, 0) is 44.2 Å². The molecular weight excluding hydrogens is 260 g/mol. The van der Waals surface area contributed by atoms with E-state index in [2.05, 4.69) is 29.7 Å². The molecule has 3 heteroatoms. The van der Waals surface area contributed by atoms with Crippen molar-refractivity contribution >= 4 is 17.3 Å². The first-order chi connectivity index (χ1) is 10.2. The lowest BCUT2D eigenvalue weighted by molar-refractivity contribution is -0.120. The van der Waals surface area contributed by atoms with E-state index in [-0.39, 0.29) is 11.8 Å². The van der Waals surface area contributed by atoms with Gasteiger partial charge in [-0.15, -0.1) is 0 Å². The fourth-order valence-corrected chi connectivity index (χ4v) is 3.55. The summed E-state index contributed by atoms with van der Waals surface area (Å²) >= 11 is 0. The third-order valence-corrected chi connectivity index (χ3v) is 4.87. The van der Waals surface area contributed by atoms with Crippen molar-refractivity contribution < 1.29 is 4.79 Å². The highest BCUT2D eigenvalue weighted by atomic mass is 16.1. The van der Waals surface area contributed by atoms with Crippen LogP contribution in [0.25, 0.3) is 0 Å². The lowest BCUT2D eigenvalue weighted by Crippen LogP contribution is -2.26. The molecule has 0 saturated heterocycles. The molecule has 1 aliphatic carbocycles. The molecule has 1 aliphatic heterocycles. The standard InChI is InChI=1S/C18H26N2O/c1-13-11-12-14-9-6-10-16(17(14)19-13)20-18(21)15-7-4-2-3-5-8-15/h6,9-10,13,15,19H,2-5,7-8,11-12H2,1H3,(H,20,21). The van der Waals surface area contributed by atoms with Gasteiger partial charge in [0.05, 0.1) is 11.4 Å². The molecule has 1 heterocycles. The van der Waals surface area contributed by atoms with E-state index in [4.69, 9.17) is 0 Å². The number of carbonyl (C=O) groups is 1. The number of hydrogen-bond acceptors (Lipinski definition) is 2. The van der Waals surface area contributed by atoms with Gasteiger partial charge in [-0.2, -0.15) is 0 Å². The van der Waals surface area contributed by atoms with Crippen LogP contribution in [-0.4, -0.2) is 11.9 Å². The van der Waals surface area contributed by atoms with E-state index in [1.807, 2.05) is 6.07 Å². The number of rotatable bonds is 2. The number of carbonyl (C=O) groups excluding carboxylic acids is 1. The number of hydrogen-bond donors (Lipinski definition) is 2. The normalized spacial score (nSPS) is 22.8. The Hall–Kier alpha value is -1.51. The highest BCUT2D eigenvalue weighted by Crippen LogP contribution is 2.33. The number of nitrogens with one attached hydrogen (secondary N) is 2. The number of amides is 1. The Morgan fingerprint density at radius 1 is 1.14 bits per heavy atom. The zero-order valence-electron chi connectivity index (χ0n) is 13.0. The van der Waals surface area contributed by atoms with E-state index in [1.165, 1.54) is 31.2 Å². The summed E-state index contributed by atoms with van der Waals surface area (Å²) in [6, 6.07) is 6.72. The predicted octanol–water partition coefficient (Wildman–Crippen LogP) is 4.34. The molecule has 1 aromatic rings. The molecule has 1 fully saturated rings. The van der Waals surface area contributed by atoms with Crippen LogP contribution in [0.1, 0.15) is 57.4 Å². The van der Waals surface area contributed by atoms with E-state index in [1.54, 1.807) is 0 Å². The summed E-state index contributed by atoms with van der Waals surface area (Å²) in [6.45, 7) is 2.20. The van der Waals surface area contributed by atoms with Crippen LogP contribution < -0.4 is 10.6 Å². The van der Waals surface area contributed by atoms with Crippen LogP contribution in [0.5, 0.6) is 0 Å². The second-order valence-corrected chi connectivity index (χ2v) is 6.60. The molecule has 0 bridgehead atoms. The smallest absolute Gasteiger partial charge is 0.227 e. The van der Waals surface area contributed by atoms with Gasteiger partial charge in [-0.25, -0.2) is 0 Å². The van der Waals surface area contributed by atoms with Gasteiger partial charge in [0.2, 0.25) is 5.91 Å². The second kappa shape index (κ2) is 6.50. The molecule has 21 heavy (non-hydrogen) atoms. The number of para-hydroxylation sites is 1. The molecule has 0 aromatic heterocycles. The van der Waals surface area contributed by atoms with Crippen molar-refractivity contribution in [2.24, 2.45) is 5.92 Å². The summed E-state index contributed by atoms with van der Waals surface area (Å²) in [5, 5.41) is 6.72. The molecule has 3 nitrogen and oxygen atoms in total. The average Bonchev–Trinajstić information content (AvgIpc) is 2.77. The minimum Gasteiger partial charge on any atom is -0.381 e. The Bertz CT molecular complexity index is 504. The van der Waals surface area contributed by atoms with Crippen LogP contribution in [0.3, 0.4) is 0 Å². The van der Waals surface area contributed by atoms with Crippen molar-refractivity contribution in [3.05, 3.63) is 23.8 Å². The topological polar surface area (TPSA) is 41.1 Å². The van der Waals surface area contributed by atoms with E-state index >= 15 is 0 Å². The van der Waals surface area contributed by atoms with Gasteiger partial charge in [-0.3, -0.25) is 4.79 Å². The SMILES string of the molecule is CC1CCc2cccc(NC(=O)C3CCCCCC3)c2N1. The Morgan fingerprint density at radius 3 is 2.67 bits per heavy atom. The summed E-state index contributed by atoms with van der Waals surface area (Å²) < 4.78 is 0. The molecular formula is C18H26N2O. The maximum Gasteiger partial charge on any atom is 0.227 e. The van der Waals surface area contributed by atoms with E-state index in [9.17, 15) is 4.79 Å². The maximum atomic E-state index is 12.5. The highest BCUT2D eigenvalue weighted by Gasteiger charge is 2.22. The number of anilines is 2. The largest absolute Gasteiger partial charge is 0.381 e. The number of benzene rings is 1. The monoisotopic (exact) mass is 286 g/mol. The zero-order valence-corrected chi connectivity index (χ0v) is 13.0. The van der Waals surface area contributed by atoms with Gasteiger partial charge in [0, 0.05) is 12.0 Å². The predicted molar refractivity (Wildman–Crippen MR) is 87.7 cm³/mol. The third kappa shape index (κ3) is 3.39. The van der Waals surface area contributed by atoms with Crippen molar-refractivity contribution in [3.63, 3.8) is 0 Å². The average molecular weight is 286 g/mol. The van der Waals surface area contributed by atoms with E-state index < -0.39 is 0 Å².